The molecule has 0 fully saturated rings. The van der Waals surface area contributed by atoms with Crippen LogP contribution in [0.15, 0.2) is 11.4 Å². The van der Waals surface area contributed by atoms with Crippen molar-refractivity contribution < 1.29 is 4.79 Å². The molecule has 2 aromatic heterocycles. The molecule has 20 heavy (non-hydrogen) atoms. The van der Waals surface area contributed by atoms with Gasteiger partial charge < -0.3 is 16.0 Å². The van der Waals surface area contributed by atoms with Crippen LogP contribution in [0.5, 0.6) is 0 Å². The standard InChI is InChI=1S/C13H19N5OS/c1-3-5-16-13-17-11(15-7-6-14-9(2)19)10-4-8-20-12(10)18-13/h4,8H,3,5-7H2,1-2H3,(H,14,19)(H2,15,16,17,18). The first-order chi connectivity index (χ1) is 9.70. The van der Waals surface area contributed by atoms with Gasteiger partial charge in [-0.1, -0.05) is 6.92 Å². The number of nitrogens with zero attached hydrogens (tertiary/aromatic N) is 2. The lowest BCUT2D eigenvalue weighted by Crippen LogP contribution is -2.26. The van der Waals surface area contributed by atoms with E-state index in [4.69, 9.17) is 0 Å². The third kappa shape index (κ3) is 3.80. The number of nitrogens with one attached hydrogen (secondary N) is 3. The molecule has 0 aliphatic heterocycles. The third-order valence-corrected chi connectivity index (χ3v) is 3.46. The molecule has 2 aromatic rings. The molecule has 0 radical (unpaired) electrons. The molecular weight excluding hydrogens is 274 g/mol. The van der Waals surface area contributed by atoms with Gasteiger partial charge in [0.1, 0.15) is 10.6 Å². The lowest BCUT2D eigenvalue weighted by atomic mass is 10.3. The maximum absolute atomic E-state index is 10.8. The van der Waals surface area contributed by atoms with E-state index < -0.39 is 0 Å². The summed E-state index contributed by atoms with van der Waals surface area (Å²) < 4.78 is 0. The van der Waals surface area contributed by atoms with E-state index >= 15 is 0 Å². The molecule has 2 heterocycles. The quantitative estimate of drug-likeness (QED) is 0.681. The first-order valence-corrected chi connectivity index (χ1v) is 7.56. The molecular formula is C13H19N5OS. The number of hydrogen-bond acceptors (Lipinski definition) is 6. The highest BCUT2D eigenvalue weighted by Gasteiger charge is 2.08. The van der Waals surface area contributed by atoms with E-state index in [1.807, 2.05) is 11.4 Å². The molecule has 2 rings (SSSR count). The van der Waals surface area contributed by atoms with E-state index in [1.165, 1.54) is 6.92 Å². The highest BCUT2D eigenvalue weighted by atomic mass is 32.1. The molecule has 0 aromatic carbocycles. The van der Waals surface area contributed by atoms with Gasteiger partial charge in [-0.2, -0.15) is 4.98 Å². The van der Waals surface area contributed by atoms with Crippen LogP contribution in [-0.2, 0) is 4.79 Å². The maximum Gasteiger partial charge on any atom is 0.226 e. The number of aromatic nitrogens is 2. The number of carbonyl (C=O) groups excluding carboxylic acids is 1. The zero-order valence-electron chi connectivity index (χ0n) is 11.7. The van der Waals surface area contributed by atoms with E-state index in [1.54, 1.807) is 11.3 Å². The largest absolute Gasteiger partial charge is 0.368 e. The van der Waals surface area contributed by atoms with Gasteiger partial charge in [-0.3, -0.25) is 4.79 Å². The summed E-state index contributed by atoms with van der Waals surface area (Å²) in [6.07, 6.45) is 1.02. The van der Waals surface area contributed by atoms with Crippen LogP contribution < -0.4 is 16.0 Å². The molecule has 3 N–H and O–H groups in total. The van der Waals surface area contributed by atoms with Crippen molar-refractivity contribution in [3.8, 4) is 0 Å². The van der Waals surface area contributed by atoms with Gasteiger partial charge in [-0.05, 0) is 17.9 Å². The molecule has 0 saturated carbocycles. The SMILES string of the molecule is CCCNc1nc(NCCNC(C)=O)c2ccsc2n1. The minimum absolute atomic E-state index is 0.0273. The Kier molecular flexibility index (Phi) is 5.11. The first-order valence-electron chi connectivity index (χ1n) is 6.68. The lowest BCUT2D eigenvalue weighted by molar-refractivity contribution is -0.118. The molecule has 7 heteroatoms. The second kappa shape index (κ2) is 7.04. The van der Waals surface area contributed by atoms with Crippen molar-refractivity contribution in [3.63, 3.8) is 0 Å². The normalized spacial score (nSPS) is 10.5. The molecule has 0 spiro atoms. The summed E-state index contributed by atoms with van der Waals surface area (Å²) in [7, 11) is 0. The topological polar surface area (TPSA) is 78.9 Å². The Morgan fingerprint density at radius 2 is 2.10 bits per heavy atom. The molecule has 0 unspecified atom stereocenters. The van der Waals surface area contributed by atoms with Crippen LogP contribution in [0.1, 0.15) is 20.3 Å². The van der Waals surface area contributed by atoms with E-state index in [0.717, 1.165) is 29.0 Å². The zero-order chi connectivity index (χ0) is 14.4. The number of amides is 1. The Morgan fingerprint density at radius 3 is 2.85 bits per heavy atom. The van der Waals surface area contributed by atoms with Crippen molar-refractivity contribution in [2.45, 2.75) is 20.3 Å². The summed E-state index contributed by atoms with van der Waals surface area (Å²) in [5.74, 6) is 1.42. The van der Waals surface area contributed by atoms with Crippen LogP contribution in [0.2, 0.25) is 0 Å². The molecule has 0 aliphatic rings. The van der Waals surface area contributed by atoms with E-state index in [-0.39, 0.29) is 5.91 Å². The molecule has 108 valence electrons. The van der Waals surface area contributed by atoms with Gasteiger partial charge in [0.2, 0.25) is 11.9 Å². The molecule has 0 atom stereocenters. The van der Waals surface area contributed by atoms with Gasteiger partial charge in [0.05, 0.1) is 5.39 Å². The Balaban J connectivity index is 2.08. The average Bonchev–Trinajstić information content (AvgIpc) is 2.89. The van der Waals surface area contributed by atoms with Gasteiger partial charge >= 0.3 is 0 Å². The van der Waals surface area contributed by atoms with Crippen LogP contribution >= 0.6 is 11.3 Å². The van der Waals surface area contributed by atoms with Crippen LogP contribution in [0.3, 0.4) is 0 Å². The van der Waals surface area contributed by atoms with Gasteiger partial charge in [-0.15, -0.1) is 11.3 Å². The number of fused-ring (bicyclic) bond motifs is 1. The fourth-order valence-electron chi connectivity index (χ4n) is 1.73. The molecule has 0 aliphatic carbocycles. The average molecular weight is 293 g/mol. The minimum Gasteiger partial charge on any atom is -0.368 e. The Hall–Kier alpha value is -1.89. The number of anilines is 2. The number of thiophene rings is 1. The fourth-order valence-corrected chi connectivity index (χ4v) is 2.49. The summed E-state index contributed by atoms with van der Waals surface area (Å²) >= 11 is 1.59. The predicted octanol–water partition coefficient (Wildman–Crippen LogP) is 2.06. The van der Waals surface area contributed by atoms with E-state index in [2.05, 4.69) is 32.8 Å². The van der Waals surface area contributed by atoms with E-state index in [9.17, 15) is 4.79 Å². The summed E-state index contributed by atoms with van der Waals surface area (Å²) in [5, 5.41) is 12.2. The van der Waals surface area contributed by atoms with Crippen LogP contribution in [0, 0.1) is 0 Å². The van der Waals surface area contributed by atoms with E-state index in [0.29, 0.717) is 19.0 Å². The molecule has 0 bridgehead atoms. The summed E-state index contributed by atoms with van der Waals surface area (Å²) in [5.41, 5.74) is 0. The number of carbonyl (C=O) groups is 1. The van der Waals surface area contributed by atoms with Gasteiger partial charge in [0, 0.05) is 26.6 Å². The highest BCUT2D eigenvalue weighted by molar-refractivity contribution is 7.16. The van der Waals surface area contributed by atoms with Gasteiger partial charge in [0.25, 0.3) is 0 Å². The Labute approximate surface area is 122 Å². The lowest BCUT2D eigenvalue weighted by Gasteiger charge is -2.09. The van der Waals surface area contributed by atoms with Crippen molar-refractivity contribution in [2.75, 3.05) is 30.3 Å². The maximum atomic E-state index is 10.8. The second-order valence-corrected chi connectivity index (χ2v) is 5.27. The third-order valence-electron chi connectivity index (χ3n) is 2.65. The predicted molar refractivity (Wildman–Crippen MR) is 83.4 cm³/mol. The Morgan fingerprint density at radius 1 is 1.25 bits per heavy atom. The van der Waals surface area contributed by atoms with Gasteiger partial charge in [0.15, 0.2) is 0 Å². The summed E-state index contributed by atoms with van der Waals surface area (Å²) in [6.45, 7) is 5.66. The number of hydrogen-bond donors (Lipinski definition) is 3. The van der Waals surface area contributed by atoms with Crippen LogP contribution in [0.25, 0.3) is 10.2 Å². The number of rotatable bonds is 7. The summed E-state index contributed by atoms with van der Waals surface area (Å²) in [6, 6.07) is 2.00. The minimum atomic E-state index is -0.0273. The molecule has 1 amide bonds. The smallest absolute Gasteiger partial charge is 0.226 e. The Bertz CT molecular complexity index is 583. The summed E-state index contributed by atoms with van der Waals surface area (Å²) in [4.78, 5) is 20.7. The monoisotopic (exact) mass is 293 g/mol. The molecule has 6 nitrogen and oxygen atoms in total. The van der Waals surface area contributed by atoms with Crippen molar-refractivity contribution in [2.24, 2.45) is 0 Å². The first kappa shape index (κ1) is 14.5. The molecule has 0 saturated heterocycles. The highest BCUT2D eigenvalue weighted by Crippen LogP contribution is 2.26. The van der Waals surface area contributed by atoms with Crippen LogP contribution in [0.4, 0.5) is 11.8 Å². The second-order valence-electron chi connectivity index (χ2n) is 4.37. The van der Waals surface area contributed by atoms with Crippen molar-refractivity contribution in [1.82, 2.24) is 15.3 Å². The van der Waals surface area contributed by atoms with Crippen molar-refractivity contribution >= 4 is 39.2 Å². The zero-order valence-corrected chi connectivity index (χ0v) is 12.5. The van der Waals surface area contributed by atoms with Crippen molar-refractivity contribution in [3.05, 3.63) is 11.4 Å². The fraction of sp³-hybridized carbons (Fsp3) is 0.462. The van der Waals surface area contributed by atoms with Crippen LogP contribution in [-0.4, -0.2) is 35.5 Å². The van der Waals surface area contributed by atoms with Crippen molar-refractivity contribution in [1.29, 1.82) is 0 Å². The van der Waals surface area contributed by atoms with Gasteiger partial charge in [-0.25, -0.2) is 4.98 Å².